The fraction of sp³-hybridized carbons (Fsp3) is 0.571. The first-order chi connectivity index (χ1) is 6.71. The minimum absolute atomic E-state index is 0.108. The van der Waals surface area contributed by atoms with Gasteiger partial charge in [-0.1, -0.05) is 46.8 Å². The van der Waals surface area contributed by atoms with Crippen LogP contribution in [0.1, 0.15) is 46.6 Å². The molecule has 0 fully saturated rings. The number of hydrogen-bond acceptors (Lipinski definition) is 1. The Morgan fingerprint density at radius 2 is 1.67 bits per heavy atom. The standard InChI is InChI=1S/C14H22O/c1-13(2,3)10-14(4,5)11-7-6-8-12(15)9-11/h6-9,15H,10H2,1-5H3. The van der Waals surface area contributed by atoms with E-state index in [0.717, 1.165) is 6.42 Å². The van der Waals surface area contributed by atoms with Gasteiger partial charge in [0.1, 0.15) is 5.75 Å². The van der Waals surface area contributed by atoms with Crippen molar-refractivity contribution in [2.75, 3.05) is 0 Å². The number of rotatable bonds is 2. The molecule has 1 rings (SSSR count). The van der Waals surface area contributed by atoms with Crippen molar-refractivity contribution in [3.05, 3.63) is 29.8 Å². The molecule has 0 atom stereocenters. The molecule has 0 heterocycles. The van der Waals surface area contributed by atoms with E-state index in [1.165, 1.54) is 5.56 Å². The van der Waals surface area contributed by atoms with Gasteiger partial charge in [0.15, 0.2) is 0 Å². The smallest absolute Gasteiger partial charge is 0.115 e. The van der Waals surface area contributed by atoms with Gasteiger partial charge in [-0.05, 0) is 34.9 Å². The van der Waals surface area contributed by atoms with E-state index in [4.69, 9.17) is 0 Å². The van der Waals surface area contributed by atoms with Crippen LogP contribution in [0.25, 0.3) is 0 Å². The topological polar surface area (TPSA) is 20.2 Å². The van der Waals surface area contributed by atoms with Crippen molar-refractivity contribution in [1.29, 1.82) is 0 Å². The summed E-state index contributed by atoms with van der Waals surface area (Å²) in [7, 11) is 0. The lowest BCUT2D eigenvalue weighted by atomic mass is 9.72. The first kappa shape index (κ1) is 12.1. The maximum absolute atomic E-state index is 9.47. The SMILES string of the molecule is CC(C)(C)CC(C)(C)c1cccc(O)c1. The zero-order valence-corrected chi connectivity index (χ0v) is 10.5. The van der Waals surface area contributed by atoms with Gasteiger partial charge in [0, 0.05) is 0 Å². The van der Waals surface area contributed by atoms with E-state index >= 15 is 0 Å². The maximum Gasteiger partial charge on any atom is 0.115 e. The summed E-state index contributed by atoms with van der Waals surface area (Å²) in [4.78, 5) is 0. The summed E-state index contributed by atoms with van der Waals surface area (Å²) in [6, 6.07) is 7.59. The average Bonchev–Trinajstić information content (AvgIpc) is 1.99. The maximum atomic E-state index is 9.47. The zero-order valence-electron chi connectivity index (χ0n) is 10.5. The lowest BCUT2D eigenvalue weighted by Crippen LogP contribution is -2.24. The summed E-state index contributed by atoms with van der Waals surface area (Å²) in [5, 5.41) is 9.47. The molecule has 1 heteroatoms. The lowest BCUT2D eigenvalue weighted by molar-refractivity contribution is 0.283. The molecular formula is C14H22O. The van der Waals surface area contributed by atoms with Gasteiger partial charge in [0.05, 0.1) is 0 Å². The predicted octanol–water partition coefficient (Wildman–Crippen LogP) is 4.11. The number of benzene rings is 1. The van der Waals surface area contributed by atoms with Crippen LogP contribution in [-0.2, 0) is 5.41 Å². The largest absolute Gasteiger partial charge is 0.508 e. The summed E-state index contributed by atoms with van der Waals surface area (Å²) in [6.07, 6.45) is 1.10. The van der Waals surface area contributed by atoms with Gasteiger partial charge in [-0.15, -0.1) is 0 Å². The molecule has 1 N–H and O–H groups in total. The Bertz CT molecular complexity index is 331. The quantitative estimate of drug-likeness (QED) is 0.772. The monoisotopic (exact) mass is 206 g/mol. The van der Waals surface area contributed by atoms with Crippen molar-refractivity contribution < 1.29 is 5.11 Å². The zero-order chi connectivity index (χ0) is 11.7. The van der Waals surface area contributed by atoms with E-state index in [1.807, 2.05) is 12.1 Å². The van der Waals surface area contributed by atoms with Crippen LogP contribution < -0.4 is 0 Å². The number of aromatic hydroxyl groups is 1. The van der Waals surface area contributed by atoms with Crippen LogP contribution in [0.2, 0.25) is 0 Å². The Labute approximate surface area is 93.1 Å². The second kappa shape index (κ2) is 3.88. The van der Waals surface area contributed by atoms with E-state index < -0.39 is 0 Å². The highest BCUT2D eigenvalue weighted by atomic mass is 16.3. The van der Waals surface area contributed by atoms with Crippen LogP contribution >= 0.6 is 0 Å². The van der Waals surface area contributed by atoms with Gasteiger partial charge in [0.25, 0.3) is 0 Å². The molecule has 84 valence electrons. The number of phenols is 1. The molecule has 0 bridgehead atoms. The molecule has 0 unspecified atom stereocenters. The molecule has 0 spiro atoms. The van der Waals surface area contributed by atoms with Crippen molar-refractivity contribution in [3.63, 3.8) is 0 Å². The molecule has 1 nitrogen and oxygen atoms in total. The van der Waals surface area contributed by atoms with E-state index in [2.05, 4.69) is 40.7 Å². The molecule has 15 heavy (non-hydrogen) atoms. The van der Waals surface area contributed by atoms with Gasteiger partial charge < -0.3 is 5.11 Å². The highest BCUT2D eigenvalue weighted by molar-refractivity contribution is 5.32. The van der Waals surface area contributed by atoms with Gasteiger partial charge in [0.2, 0.25) is 0 Å². The second-order valence-electron chi connectivity index (χ2n) is 6.17. The average molecular weight is 206 g/mol. The summed E-state index contributed by atoms with van der Waals surface area (Å²) in [5.41, 5.74) is 1.61. The molecular weight excluding hydrogens is 184 g/mol. The van der Waals surface area contributed by atoms with Crippen LogP contribution in [0.3, 0.4) is 0 Å². The molecule has 0 aliphatic rings. The third kappa shape index (κ3) is 3.58. The molecule has 0 saturated carbocycles. The van der Waals surface area contributed by atoms with Crippen LogP contribution in [0.5, 0.6) is 5.75 Å². The molecule has 0 aliphatic carbocycles. The van der Waals surface area contributed by atoms with E-state index in [9.17, 15) is 5.11 Å². The fourth-order valence-corrected chi connectivity index (χ4v) is 2.35. The van der Waals surface area contributed by atoms with Gasteiger partial charge in [-0.3, -0.25) is 0 Å². The van der Waals surface area contributed by atoms with Crippen molar-refractivity contribution in [2.24, 2.45) is 5.41 Å². The Morgan fingerprint density at radius 1 is 1.07 bits per heavy atom. The van der Waals surface area contributed by atoms with Crippen molar-refractivity contribution in [2.45, 2.75) is 46.5 Å². The Morgan fingerprint density at radius 3 is 2.13 bits per heavy atom. The van der Waals surface area contributed by atoms with Crippen molar-refractivity contribution in [1.82, 2.24) is 0 Å². The van der Waals surface area contributed by atoms with Crippen LogP contribution in [-0.4, -0.2) is 5.11 Å². The van der Waals surface area contributed by atoms with Gasteiger partial charge in [-0.25, -0.2) is 0 Å². The normalized spacial score (nSPS) is 12.9. The molecule has 0 aromatic heterocycles. The third-order valence-corrected chi connectivity index (χ3v) is 2.60. The first-order valence-electron chi connectivity index (χ1n) is 5.50. The minimum Gasteiger partial charge on any atom is -0.508 e. The Hall–Kier alpha value is -0.980. The highest BCUT2D eigenvalue weighted by Crippen LogP contribution is 2.36. The van der Waals surface area contributed by atoms with Gasteiger partial charge in [-0.2, -0.15) is 0 Å². The number of phenolic OH excluding ortho intramolecular Hbond substituents is 1. The summed E-state index contributed by atoms with van der Waals surface area (Å²) >= 11 is 0. The third-order valence-electron chi connectivity index (χ3n) is 2.60. The van der Waals surface area contributed by atoms with Crippen molar-refractivity contribution >= 4 is 0 Å². The summed E-state index contributed by atoms with van der Waals surface area (Å²) < 4.78 is 0. The summed E-state index contributed by atoms with van der Waals surface area (Å²) in [6.45, 7) is 11.2. The molecule has 0 saturated heterocycles. The Kier molecular flexibility index (Phi) is 3.13. The van der Waals surface area contributed by atoms with Crippen LogP contribution in [0, 0.1) is 5.41 Å². The minimum atomic E-state index is 0.108. The van der Waals surface area contributed by atoms with Crippen LogP contribution in [0.4, 0.5) is 0 Å². The van der Waals surface area contributed by atoms with E-state index in [-0.39, 0.29) is 5.41 Å². The lowest BCUT2D eigenvalue weighted by Gasteiger charge is -2.33. The molecule has 0 amide bonds. The van der Waals surface area contributed by atoms with E-state index in [0.29, 0.717) is 11.2 Å². The van der Waals surface area contributed by atoms with Crippen LogP contribution in [0.15, 0.2) is 24.3 Å². The van der Waals surface area contributed by atoms with Gasteiger partial charge >= 0.3 is 0 Å². The molecule has 0 radical (unpaired) electrons. The molecule has 0 aliphatic heterocycles. The highest BCUT2D eigenvalue weighted by Gasteiger charge is 2.27. The molecule has 1 aromatic carbocycles. The fourth-order valence-electron chi connectivity index (χ4n) is 2.35. The molecule has 1 aromatic rings. The predicted molar refractivity (Wildman–Crippen MR) is 65.2 cm³/mol. The number of hydrogen-bond donors (Lipinski definition) is 1. The summed E-state index contributed by atoms with van der Waals surface area (Å²) in [5.74, 6) is 0.356. The van der Waals surface area contributed by atoms with E-state index in [1.54, 1.807) is 6.07 Å². The first-order valence-corrected chi connectivity index (χ1v) is 5.50. The Balaban J connectivity index is 2.95. The second-order valence-corrected chi connectivity index (χ2v) is 6.17. The van der Waals surface area contributed by atoms with Crippen molar-refractivity contribution in [3.8, 4) is 5.75 Å².